The van der Waals surface area contributed by atoms with E-state index in [0.29, 0.717) is 18.9 Å². The zero-order chi connectivity index (χ0) is 20.5. The molecule has 0 unspecified atom stereocenters. The summed E-state index contributed by atoms with van der Waals surface area (Å²) in [5.41, 5.74) is 1.33. The van der Waals surface area contributed by atoms with Gasteiger partial charge in [-0.3, -0.25) is 9.79 Å². The quantitative estimate of drug-likeness (QED) is 0.555. The normalized spacial score (nSPS) is 15.4. The van der Waals surface area contributed by atoms with Gasteiger partial charge in [-0.1, -0.05) is 30.3 Å². The van der Waals surface area contributed by atoms with E-state index >= 15 is 0 Å². The van der Waals surface area contributed by atoms with E-state index in [-0.39, 0.29) is 5.91 Å². The van der Waals surface area contributed by atoms with Crippen molar-refractivity contribution in [2.24, 2.45) is 10.9 Å². The number of piperidine rings is 1. The van der Waals surface area contributed by atoms with Gasteiger partial charge in [0.1, 0.15) is 5.82 Å². The maximum absolute atomic E-state index is 11.6. The van der Waals surface area contributed by atoms with Crippen LogP contribution in [0.2, 0.25) is 0 Å². The predicted octanol–water partition coefficient (Wildman–Crippen LogP) is 2.05. The van der Waals surface area contributed by atoms with Crippen molar-refractivity contribution in [1.82, 2.24) is 25.1 Å². The van der Waals surface area contributed by atoms with Crippen LogP contribution in [0.1, 0.15) is 30.7 Å². The van der Waals surface area contributed by atoms with Crippen LogP contribution in [0, 0.1) is 5.92 Å². The third-order valence-electron chi connectivity index (χ3n) is 5.57. The number of imidazole rings is 1. The van der Waals surface area contributed by atoms with Gasteiger partial charge < -0.3 is 20.1 Å². The summed E-state index contributed by atoms with van der Waals surface area (Å²) in [5, 5.41) is 6.18. The predicted molar refractivity (Wildman–Crippen MR) is 116 cm³/mol. The second-order valence-corrected chi connectivity index (χ2v) is 7.48. The van der Waals surface area contributed by atoms with E-state index in [9.17, 15) is 4.79 Å². The molecule has 0 bridgehead atoms. The minimum Gasteiger partial charge on any atom is -0.359 e. The molecule has 1 saturated heterocycles. The van der Waals surface area contributed by atoms with Crippen molar-refractivity contribution in [1.29, 1.82) is 0 Å². The van der Waals surface area contributed by atoms with Crippen molar-refractivity contribution < 1.29 is 4.79 Å². The van der Waals surface area contributed by atoms with Crippen LogP contribution < -0.4 is 10.6 Å². The Bertz CT molecular complexity index is 793. The van der Waals surface area contributed by atoms with Gasteiger partial charge in [0.15, 0.2) is 5.96 Å². The Kier molecular flexibility index (Phi) is 7.67. The Morgan fingerprint density at radius 2 is 2.00 bits per heavy atom. The van der Waals surface area contributed by atoms with Crippen LogP contribution in [0.15, 0.2) is 47.7 Å². The smallest absolute Gasteiger partial charge is 0.220 e. The standard InChI is InChI=1S/C22H32N6O/c1-23-21(29)16-19-9-13-28(14-10-19)22(24-2)26-17-20-25-11-15-27(20)12-8-18-6-4-3-5-7-18/h3-7,11,15,19H,8-10,12-14,16-17H2,1-2H3,(H,23,29)(H,24,26). The molecule has 1 fully saturated rings. The number of benzene rings is 1. The summed E-state index contributed by atoms with van der Waals surface area (Å²) < 4.78 is 2.20. The van der Waals surface area contributed by atoms with Gasteiger partial charge in [-0.2, -0.15) is 0 Å². The molecule has 7 heteroatoms. The number of amides is 1. The number of nitrogens with zero attached hydrogens (tertiary/aromatic N) is 4. The van der Waals surface area contributed by atoms with E-state index in [1.807, 2.05) is 25.5 Å². The third-order valence-corrected chi connectivity index (χ3v) is 5.57. The summed E-state index contributed by atoms with van der Waals surface area (Å²) in [6.07, 6.45) is 7.52. The molecule has 0 radical (unpaired) electrons. The fourth-order valence-corrected chi connectivity index (χ4v) is 3.81. The Morgan fingerprint density at radius 3 is 2.69 bits per heavy atom. The van der Waals surface area contributed by atoms with Gasteiger partial charge >= 0.3 is 0 Å². The van der Waals surface area contributed by atoms with E-state index in [0.717, 1.165) is 50.7 Å². The average molecular weight is 397 g/mol. The van der Waals surface area contributed by atoms with Crippen LogP contribution in [0.3, 0.4) is 0 Å². The number of aryl methyl sites for hydroxylation is 2. The van der Waals surface area contributed by atoms with Gasteiger partial charge in [0, 0.05) is 52.5 Å². The van der Waals surface area contributed by atoms with E-state index in [2.05, 4.69) is 54.3 Å². The molecule has 2 aromatic rings. The summed E-state index contributed by atoms with van der Waals surface area (Å²) in [7, 11) is 3.52. The lowest BCUT2D eigenvalue weighted by molar-refractivity contribution is -0.121. The first-order chi connectivity index (χ1) is 14.2. The van der Waals surface area contributed by atoms with Crippen LogP contribution in [-0.4, -0.2) is 53.5 Å². The van der Waals surface area contributed by atoms with Gasteiger partial charge in [-0.25, -0.2) is 4.98 Å². The molecule has 1 aliphatic rings. The monoisotopic (exact) mass is 396 g/mol. The highest BCUT2D eigenvalue weighted by Crippen LogP contribution is 2.20. The van der Waals surface area contributed by atoms with E-state index in [1.54, 1.807) is 7.05 Å². The van der Waals surface area contributed by atoms with Crippen molar-refractivity contribution in [3.8, 4) is 0 Å². The number of aliphatic imine (C=N–C) groups is 1. The maximum atomic E-state index is 11.6. The fraction of sp³-hybridized carbons (Fsp3) is 0.500. The van der Waals surface area contributed by atoms with Crippen molar-refractivity contribution in [3.05, 3.63) is 54.1 Å². The van der Waals surface area contributed by atoms with Crippen LogP contribution in [0.5, 0.6) is 0 Å². The minimum atomic E-state index is 0.133. The summed E-state index contributed by atoms with van der Waals surface area (Å²) in [4.78, 5) is 22.8. The average Bonchev–Trinajstić information content (AvgIpc) is 3.22. The van der Waals surface area contributed by atoms with Gasteiger partial charge in [0.05, 0.1) is 6.54 Å². The number of carbonyl (C=O) groups excluding carboxylic acids is 1. The number of hydrogen-bond donors (Lipinski definition) is 2. The van der Waals surface area contributed by atoms with E-state index < -0.39 is 0 Å². The first-order valence-electron chi connectivity index (χ1n) is 10.4. The van der Waals surface area contributed by atoms with E-state index in [4.69, 9.17) is 0 Å². The number of aromatic nitrogens is 2. The van der Waals surface area contributed by atoms with E-state index in [1.165, 1.54) is 5.56 Å². The molecule has 2 heterocycles. The third kappa shape index (κ3) is 6.07. The highest BCUT2D eigenvalue weighted by molar-refractivity contribution is 5.80. The van der Waals surface area contributed by atoms with Gasteiger partial charge in [0.2, 0.25) is 5.91 Å². The second kappa shape index (κ2) is 10.6. The molecule has 29 heavy (non-hydrogen) atoms. The minimum absolute atomic E-state index is 0.133. The topological polar surface area (TPSA) is 74.5 Å². The summed E-state index contributed by atoms with van der Waals surface area (Å²) >= 11 is 0. The molecule has 2 N–H and O–H groups in total. The fourth-order valence-electron chi connectivity index (χ4n) is 3.81. The molecular formula is C22H32N6O. The first kappa shape index (κ1) is 20.9. The van der Waals surface area contributed by atoms with Gasteiger partial charge in [0.25, 0.3) is 0 Å². The molecule has 1 aromatic carbocycles. The molecule has 1 amide bonds. The molecule has 1 aromatic heterocycles. The molecule has 1 aliphatic heterocycles. The maximum Gasteiger partial charge on any atom is 0.220 e. The lowest BCUT2D eigenvalue weighted by Gasteiger charge is -2.34. The zero-order valence-electron chi connectivity index (χ0n) is 17.5. The van der Waals surface area contributed by atoms with Gasteiger partial charge in [-0.05, 0) is 30.7 Å². The lowest BCUT2D eigenvalue weighted by atomic mass is 9.93. The summed E-state index contributed by atoms with van der Waals surface area (Å²) in [6, 6.07) is 10.5. The molecule has 0 aliphatic carbocycles. The van der Waals surface area contributed by atoms with Crippen molar-refractivity contribution >= 4 is 11.9 Å². The SMILES string of the molecule is CN=C(NCc1nccn1CCc1ccccc1)N1CCC(CC(=O)NC)CC1. The van der Waals surface area contributed by atoms with Crippen molar-refractivity contribution in [2.75, 3.05) is 27.2 Å². The Balaban J connectivity index is 1.48. The molecule has 3 rings (SSSR count). The molecular weight excluding hydrogens is 364 g/mol. The zero-order valence-corrected chi connectivity index (χ0v) is 17.5. The largest absolute Gasteiger partial charge is 0.359 e. The molecule has 7 nitrogen and oxygen atoms in total. The van der Waals surface area contributed by atoms with Crippen molar-refractivity contribution in [3.63, 3.8) is 0 Å². The highest BCUT2D eigenvalue weighted by atomic mass is 16.1. The number of rotatable bonds is 7. The lowest BCUT2D eigenvalue weighted by Crippen LogP contribution is -2.46. The molecule has 0 atom stereocenters. The van der Waals surface area contributed by atoms with Crippen molar-refractivity contribution in [2.45, 2.75) is 38.8 Å². The Labute approximate surface area is 173 Å². The highest BCUT2D eigenvalue weighted by Gasteiger charge is 2.23. The van der Waals surface area contributed by atoms with Crippen LogP contribution in [-0.2, 0) is 24.3 Å². The molecule has 0 spiro atoms. The number of guanidine groups is 1. The van der Waals surface area contributed by atoms with Gasteiger partial charge in [-0.15, -0.1) is 0 Å². The number of carbonyl (C=O) groups is 1. The summed E-state index contributed by atoms with van der Waals surface area (Å²) in [6.45, 7) is 3.39. The Morgan fingerprint density at radius 1 is 1.24 bits per heavy atom. The van der Waals surface area contributed by atoms with Crippen LogP contribution in [0.4, 0.5) is 0 Å². The van der Waals surface area contributed by atoms with Crippen LogP contribution >= 0.6 is 0 Å². The number of hydrogen-bond acceptors (Lipinski definition) is 3. The number of nitrogens with one attached hydrogen (secondary N) is 2. The van der Waals surface area contributed by atoms with Crippen LogP contribution in [0.25, 0.3) is 0 Å². The number of likely N-dealkylation sites (tertiary alicyclic amines) is 1. The summed E-state index contributed by atoms with van der Waals surface area (Å²) in [5.74, 6) is 2.51. The Hall–Kier alpha value is -2.83. The second-order valence-electron chi connectivity index (χ2n) is 7.48. The molecule has 156 valence electrons. The first-order valence-corrected chi connectivity index (χ1v) is 10.4. The molecule has 0 saturated carbocycles.